The van der Waals surface area contributed by atoms with Crippen LogP contribution in [0.5, 0.6) is 11.5 Å². The number of allylic oxidation sites excluding steroid dienone is 2. The maximum Gasteiger partial charge on any atom is 0.148 e. The highest BCUT2D eigenvalue weighted by Gasteiger charge is 2.25. The number of H-pyrrole nitrogens is 1. The Morgan fingerprint density at radius 1 is 1.03 bits per heavy atom. The molecule has 2 aromatic heterocycles. The molecule has 1 aliphatic carbocycles. The monoisotopic (exact) mass is 461 g/mol. The number of hydrogen-bond acceptors (Lipinski definition) is 6. The van der Waals surface area contributed by atoms with Gasteiger partial charge < -0.3 is 19.8 Å². The van der Waals surface area contributed by atoms with E-state index in [1.807, 2.05) is 49.4 Å². The van der Waals surface area contributed by atoms with Gasteiger partial charge in [-0.2, -0.15) is 0 Å². The van der Waals surface area contributed by atoms with Gasteiger partial charge in [0, 0.05) is 16.7 Å². The van der Waals surface area contributed by atoms with Crippen molar-refractivity contribution in [1.82, 2.24) is 19.9 Å². The minimum absolute atomic E-state index is 0.0644. The zero-order chi connectivity index (χ0) is 23.1. The minimum atomic E-state index is -0.0644. The first kappa shape index (κ1) is 21.3. The molecule has 2 unspecified atom stereocenters. The van der Waals surface area contributed by atoms with Gasteiger partial charge in [0.15, 0.2) is 0 Å². The maximum atomic E-state index is 6.65. The second kappa shape index (κ2) is 8.41. The summed E-state index contributed by atoms with van der Waals surface area (Å²) >= 11 is 6.65. The summed E-state index contributed by atoms with van der Waals surface area (Å²) in [6, 6.07) is 11.6. The highest BCUT2D eigenvalue weighted by Crippen LogP contribution is 2.37. The summed E-state index contributed by atoms with van der Waals surface area (Å²) in [6.07, 6.45) is 4.14. The van der Waals surface area contributed by atoms with Crippen molar-refractivity contribution >= 4 is 44.9 Å². The molecule has 2 heterocycles. The van der Waals surface area contributed by atoms with Crippen LogP contribution in [0.4, 0.5) is 5.82 Å². The first-order chi connectivity index (χ1) is 16.0. The summed E-state index contributed by atoms with van der Waals surface area (Å²) in [5.41, 5.74) is 3.45. The summed E-state index contributed by atoms with van der Waals surface area (Å²) in [7, 11) is 3.25. The molecule has 2 aromatic carbocycles. The van der Waals surface area contributed by atoms with Gasteiger partial charge in [-0.25, -0.2) is 15.0 Å². The summed E-state index contributed by atoms with van der Waals surface area (Å²) in [6.45, 7) is 3.98. The standard InChI is InChI=1S/C25H24ClN5O2/c1-13-9-18(26)16(24-29-19-7-5-6-8-20(19)30-24)12-21(13)31-25-17-10-15(32-3)11-22(33-4)23(17)27-14(2)28-25/h5-13,21H,1-4H3,(H,29,30)(H,27,28,31). The number of methoxy groups -OCH3 is 2. The average molecular weight is 462 g/mol. The van der Waals surface area contributed by atoms with E-state index in [1.165, 1.54) is 0 Å². The van der Waals surface area contributed by atoms with Gasteiger partial charge in [-0.05, 0) is 37.1 Å². The van der Waals surface area contributed by atoms with Crippen LogP contribution in [0.15, 0.2) is 53.6 Å². The number of nitrogens with zero attached hydrogens (tertiary/aromatic N) is 3. The van der Waals surface area contributed by atoms with E-state index in [2.05, 4.69) is 28.3 Å². The fraction of sp³-hybridized carbons (Fsp3) is 0.240. The lowest BCUT2D eigenvalue weighted by Gasteiger charge is -2.26. The Hall–Kier alpha value is -3.58. The molecule has 33 heavy (non-hydrogen) atoms. The van der Waals surface area contributed by atoms with Crippen LogP contribution < -0.4 is 14.8 Å². The molecule has 8 heteroatoms. The smallest absolute Gasteiger partial charge is 0.148 e. The normalized spacial score (nSPS) is 18.2. The third-order valence-electron chi connectivity index (χ3n) is 5.83. The molecular formula is C25H24ClN5O2. The SMILES string of the molecule is COc1cc(OC)c2nc(C)nc(NC3C=C(c4nc5ccccc5[nH]4)C(Cl)=CC3C)c2c1. The molecule has 5 rings (SSSR count). The number of nitrogens with one attached hydrogen (secondary N) is 2. The third-order valence-corrected chi connectivity index (χ3v) is 6.16. The molecule has 168 valence electrons. The van der Waals surface area contributed by atoms with Crippen molar-refractivity contribution in [1.29, 1.82) is 0 Å². The summed E-state index contributed by atoms with van der Waals surface area (Å²) in [4.78, 5) is 17.4. The van der Waals surface area contributed by atoms with E-state index in [1.54, 1.807) is 14.2 Å². The number of fused-ring (bicyclic) bond motifs is 2. The summed E-state index contributed by atoms with van der Waals surface area (Å²) < 4.78 is 11.0. The minimum Gasteiger partial charge on any atom is -0.497 e. The average Bonchev–Trinajstić information content (AvgIpc) is 3.24. The molecule has 0 radical (unpaired) electrons. The van der Waals surface area contributed by atoms with E-state index in [-0.39, 0.29) is 12.0 Å². The molecule has 0 saturated carbocycles. The zero-order valence-corrected chi connectivity index (χ0v) is 19.6. The number of anilines is 1. The van der Waals surface area contributed by atoms with Gasteiger partial charge in [0.05, 0.1) is 36.7 Å². The van der Waals surface area contributed by atoms with Gasteiger partial charge in [-0.15, -0.1) is 0 Å². The Labute approximate surface area is 196 Å². The molecule has 1 aliphatic rings. The number of ether oxygens (including phenoxy) is 2. The number of benzene rings is 2. The molecule has 2 N–H and O–H groups in total. The molecule has 0 amide bonds. The van der Waals surface area contributed by atoms with Crippen molar-refractivity contribution in [2.75, 3.05) is 19.5 Å². The van der Waals surface area contributed by atoms with Crippen molar-refractivity contribution in [3.63, 3.8) is 0 Å². The van der Waals surface area contributed by atoms with Crippen molar-refractivity contribution in [3.05, 3.63) is 65.2 Å². The lowest BCUT2D eigenvalue weighted by Crippen LogP contribution is -2.27. The van der Waals surface area contributed by atoms with Gasteiger partial charge >= 0.3 is 0 Å². The molecule has 2 atom stereocenters. The first-order valence-electron chi connectivity index (χ1n) is 10.7. The number of aryl methyl sites for hydroxylation is 1. The Balaban J connectivity index is 1.58. The van der Waals surface area contributed by atoms with Crippen molar-refractivity contribution in [2.24, 2.45) is 5.92 Å². The number of imidazole rings is 1. The van der Waals surface area contributed by atoms with Crippen LogP contribution >= 0.6 is 11.6 Å². The Morgan fingerprint density at radius 2 is 1.85 bits per heavy atom. The predicted octanol–water partition coefficient (Wildman–Crippen LogP) is 5.47. The van der Waals surface area contributed by atoms with Crippen LogP contribution in [0.1, 0.15) is 18.6 Å². The van der Waals surface area contributed by atoms with E-state index in [4.69, 9.17) is 31.0 Å². The van der Waals surface area contributed by atoms with Crippen molar-refractivity contribution < 1.29 is 9.47 Å². The Kier molecular flexibility index (Phi) is 5.42. The second-order valence-electron chi connectivity index (χ2n) is 8.07. The number of rotatable bonds is 5. The molecule has 0 bridgehead atoms. The largest absolute Gasteiger partial charge is 0.497 e. The lowest BCUT2D eigenvalue weighted by molar-refractivity contribution is 0.397. The summed E-state index contributed by atoms with van der Waals surface area (Å²) in [5.74, 6) is 3.53. The van der Waals surface area contributed by atoms with Crippen LogP contribution in [0.2, 0.25) is 0 Å². The van der Waals surface area contributed by atoms with E-state index < -0.39 is 0 Å². The van der Waals surface area contributed by atoms with Gasteiger partial charge in [0.1, 0.15) is 34.5 Å². The van der Waals surface area contributed by atoms with E-state index in [9.17, 15) is 0 Å². The van der Waals surface area contributed by atoms with Crippen LogP contribution in [-0.4, -0.2) is 40.2 Å². The molecule has 0 saturated heterocycles. The molecule has 4 aromatic rings. The topological polar surface area (TPSA) is 84.9 Å². The van der Waals surface area contributed by atoms with Gasteiger partial charge in [-0.1, -0.05) is 36.7 Å². The van der Waals surface area contributed by atoms with Gasteiger partial charge in [0.2, 0.25) is 0 Å². The number of halogens is 1. The number of para-hydroxylation sites is 2. The molecule has 0 spiro atoms. The first-order valence-corrected chi connectivity index (χ1v) is 11.1. The van der Waals surface area contributed by atoms with E-state index >= 15 is 0 Å². The molecule has 0 aliphatic heterocycles. The highest BCUT2D eigenvalue weighted by molar-refractivity contribution is 6.37. The Morgan fingerprint density at radius 3 is 2.61 bits per heavy atom. The molecular weight excluding hydrogens is 438 g/mol. The van der Waals surface area contributed by atoms with Crippen LogP contribution in [0, 0.1) is 12.8 Å². The van der Waals surface area contributed by atoms with Crippen molar-refractivity contribution in [2.45, 2.75) is 19.9 Å². The molecule has 7 nitrogen and oxygen atoms in total. The van der Waals surface area contributed by atoms with E-state index in [0.29, 0.717) is 28.2 Å². The van der Waals surface area contributed by atoms with E-state index in [0.717, 1.165) is 33.3 Å². The molecule has 0 fully saturated rings. The van der Waals surface area contributed by atoms with Crippen molar-refractivity contribution in [3.8, 4) is 11.5 Å². The van der Waals surface area contributed by atoms with Crippen LogP contribution in [-0.2, 0) is 0 Å². The second-order valence-corrected chi connectivity index (χ2v) is 8.48. The fourth-order valence-electron chi connectivity index (χ4n) is 4.11. The fourth-order valence-corrected chi connectivity index (χ4v) is 4.46. The van der Waals surface area contributed by atoms with Gasteiger partial charge in [-0.3, -0.25) is 0 Å². The number of hydrogen-bond donors (Lipinski definition) is 2. The zero-order valence-electron chi connectivity index (χ0n) is 18.8. The quantitative estimate of drug-likeness (QED) is 0.410. The van der Waals surface area contributed by atoms with Gasteiger partial charge in [0.25, 0.3) is 0 Å². The maximum absolute atomic E-state index is 6.65. The lowest BCUT2D eigenvalue weighted by atomic mass is 9.92. The predicted molar refractivity (Wildman–Crippen MR) is 132 cm³/mol. The third kappa shape index (κ3) is 3.89. The highest BCUT2D eigenvalue weighted by atomic mass is 35.5. The Bertz CT molecular complexity index is 1390. The van der Waals surface area contributed by atoms with Crippen LogP contribution in [0.25, 0.3) is 27.5 Å². The van der Waals surface area contributed by atoms with Crippen LogP contribution in [0.3, 0.4) is 0 Å². The number of aromatic amines is 1. The summed E-state index contributed by atoms with van der Waals surface area (Å²) in [5, 5.41) is 5.08. The number of aromatic nitrogens is 4.